The lowest BCUT2D eigenvalue weighted by Crippen LogP contribution is -2.50. The summed E-state index contributed by atoms with van der Waals surface area (Å²) in [7, 11) is 1.39. The molecule has 2 aromatic carbocycles. The third kappa shape index (κ3) is 4.90. The van der Waals surface area contributed by atoms with Gasteiger partial charge in [-0.1, -0.05) is 24.3 Å². The SMILES string of the molecule is COC(=O)[C@@]1(CCCN2CCN(c3ccccc3)CC2)Sc2cc(C)ccc2OC[C@@H]1O. The van der Waals surface area contributed by atoms with Crippen LogP contribution >= 0.6 is 11.8 Å². The molecule has 1 fully saturated rings. The van der Waals surface area contributed by atoms with Gasteiger partial charge in [-0.05, 0) is 56.1 Å². The van der Waals surface area contributed by atoms with Gasteiger partial charge < -0.3 is 19.5 Å². The van der Waals surface area contributed by atoms with Gasteiger partial charge >= 0.3 is 5.97 Å². The lowest BCUT2D eigenvalue weighted by molar-refractivity contribution is -0.147. The molecule has 0 spiro atoms. The number of hydrogen-bond acceptors (Lipinski definition) is 7. The van der Waals surface area contributed by atoms with Crippen molar-refractivity contribution in [3.8, 4) is 5.75 Å². The van der Waals surface area contributed by atoms with Crippen molar-refractivity contribution in [1.29, 1.82) is 0 Å². The number of esters is 1. The summed E-state index contributed by atoms with van der Waals surface area (Å²) >= 11 is 1.39. The van der Waals surface area contributed by atoms with Crippen molar-refractivity contribution in [3.63, 3.8) is 0 Å². The minimum absolute atomic E-state index is 0.0773. The predicted molar refractivity (Wildman–Crippen MR) is 128 cm³/mol. The molecule has 2 aliphatic rings. The van der Waals surface area contributed by atoms with Crippen molar-refractivity contribution in [2.24, 2.45) is 0 Å². The number of methoxy groups -OCH3 is 1. The summed E-state index contributed by atoms with van der Waals surface area (Å²) < 4.78 is 9.93. The molecule has 0 aromatic heterocycles. The first-order chi connectivity index (χ1) is 15.5. The van der Waals surface area contributed by atoms with Crippen LogP contribution in [0.4, 0.5) is 5.69 Å². The minimum Gasteiger partial charge on any atom is -0.490 e. The van der Waals surface area contributed by atoms with Gasteiger partial charge in [0.2, 0.25) is 0 Å². The molecule has 32 heavy (non-hydrogen) atoms. The molecule has 0 saturated carbocycles. The van der Waals surface area contributed by atoms with E-state index in [9.17, 15) is 9.90 Å². The van der Waals surface area contributed by atoms with E-state index in [0.29, 0.717) is 12.2 Å². The number of anilines is 1. The van der Waals surface area contributed by atoms with Gasteiger partial charge in [0.1, 0.15) is 23.2 Å². The fraction of sp³-hybridized carbons (Fsp3) is 0.480. The second kappa shape index (κ2) is 10.1. The number of aliphatic hydroxyl groups is 1. The van der Waals surface area contributed by atoms with Crippen LogP contribution in [0.5, 0.6) is 5.75 Å². The number of benzene rings is 2. The summed E-state index contributed by atoms with van der Waals surface area (Å²) in [5.74, 6) is 0.323. The molecule has 0 bridgehead atoms. The third-order valence-electron chi connectivity index (χ3n) is 6.37. The maximum Gasteiger partial charge on any atom is 0.325 e. The molecular formula is C25H32N2O4S. The highest BCUT2D eigenvalue weighted by Crippen LogP contribution is 2.46. The number of hydrogen-bond donors (Lipinski definition) is 1. The average molecular weight is 457 g/mol. The molecule has 0 unspecified atom stereocenters. The van der Waals surface area contributed by atoms with Crippen LogP contribution in [0.2, 0.25) is 0 Å². The van der Waals surface area contributed by atoms with Gasteiger partial charge in [-0.15, -0.1) is 11.8 Å². The molecule has 0 radical (unpaired) electrons. The molecule has 2 atom stereocenters. The van der Waals surface area contributed by atoms with Gasteiger partial charge in [0.15, 0.2) is 0 Å². The number of fused-ring (bicyclic) bond motifs is 1. The molecule has 7 heteroatoms. The molecule has 4 rings (SSSR count). The lowest BCUT2D eigenvalue weighted by atomic mass is 9.95. The van der Waals surface area contributed by atoms with Crippen molar-refractivity contribution >= 4 is 23.4 Å². The number of ether oxygens (including phenoxy) is 2. The number of rotatable bonds is 6. The monoisotopic (exact) mass is 456 g/mol. The van der Waals surface area contributed by atoms with Gasteiger partial charge in [-0.25, -0.2) is 0 Å². The van der Waals surface area contributed by atoms with Gasteiger partial charge in [0.25, 0.3) is 0 Å². The molecule has 0 amide bonds. The third-order valence-corrected chi connectivity index (χ3v) is 7.92. The molecule has 2 aliphatic heterocycles. The van der Waals surface area contributed by atoms with Crippen LogP contribution in [0, 0.1) is 6.92 Å². The second-order valence-electron chi connectivity index (χ2n) is 8.53. The summed E-state index contributed by atoms with van der Waals surface area (Å²) in [6, 6.07) is 16.4. The van der Waals surface area contributed by atoms with Crippen LogP contribution in [0.1, 0.15) is 18.4 Å². The number of aliphatic hydroxyl groups excluding tert-OH is 1. The molecule has 2 aromatic rings. The summed E-state index contributed by atoms with van der Waals surface area (Å²) in [6.07, 6.45) is 0.384. The largest absolute Gasteiger partial charge is 0.490 e. The highest BCUT2D eigenvalue weighted by Gasteiger charge is 2.49. The maximum absolute atomic E-state index is 12.9. The predicted octanol–water partition coefficient (Wildman–Crippen LogP) is 3.35. The van der Waals surface area contributed by atoms with Crippen LogP contribution in [0.3, 0.4) is 0 Å². The van der Waals surface area contributed by atoms with E-state index in [0.717, 1.165) is 49.6 Å². The zero-order valence-corrected chi connectivity index (χ0v) is 19.6. The second-order valence-corrected chi connectivity index (χ2v) is 9.90. The van der Waals surface area contributed by atoms with Crippen LogP contribution < -0.4 is 9.64 Å². The fourth-order valence-electron chi connectivity index (χ4n) is 4.49. The quantitative estimate of drug-likeness (QED) is 0.669. The first-order valence-corrected chi connectivity index (χ1v) is 12.0. The Balaban J connectivity index is 1.40. The smallest absolute Gasteiger partial charge is 0.325 e. The van der Waals surface area contributed by atoms with E-state index in [-0.39, 0.29) is 12.6 Å². The Hall–Kier alpha value is -2.22. The standard InChI is InChI=1S/C25H32N2O4S/c1-19-9-10-21-22(17-19)32-25(24(29)30-2,23(28)18-31-21)11-6-12-26-13-15-27(16-14-26)20-7-4-3-5-8-20/h3-5,7-10,17,23,28H,6,11-16,18H2,1-2H3/t23-,25-/m0/s1. The number of carbonyl (C=O) groups is 1. The highest BCUT2D eigenvalue weighted by atomic mass is 32.2. The summed E-state index contributed by atoms with van der Waals surface area (Å²) in [6.45, 7) is 6.93. The van der Waals surface area contributed by atoms with E-state index in [1.807, 2.05) is 31.2 Å². The van der Waals surface area contributed by atoms with Crippen molar-refractivity contribution in [2.45, 2.75) is 35.5 Å². The number of aryl methyl sites for hydroxylation is 1. The van der Waals surface area contributed by atoms with Crippen LogP contribution in [-0.2, 0) is 9.53 Å². The van der Waals surface area contributed by atoms with Gasteiger partial charge in [-0.2, -0.15) is 0 Å². The number of nitrogens with zero attached hydrogens (tertiary/aromatic N) is 2. The van der Waals surface area contributed by atoms with Crippen LogP contribution in [-0.4, -0.2) is 73.3 Å². The Labute approximate surface area is 194 Å². The van der Waals surface area contributed by atoms with E-state index in [1.165, 1.54) is 24.6 Å². The van der Waals surface area contributed by atoms with Gasteiger partial charge in [-0.3, -0.25) is 9.69 Å². The number of para-hydroxylation sites is 1. The summed E-state index contributed by atoms with van der Waals surface area (Å²) in [5.41, 5.74) is 2.36. The van der Waals surface area contributed by atoms with Crippen molar-refractivity contribution in [3.05, 3.63) is 54.1 Å². The minimum atomic E-state index is -1.07. The Kier molecular flexibility index (Phi) is 7.28. The number of carbonyl (C=O) groups excluding carboxylic acids is 1. The van der Waals surface area contributed by atoms with Crippen LogP contribution in [0.15, 0.2) is 53.4 Å². The van der Waals surface area contributed by atoms with E-state index in [4.69, 9.17) is 9.47 Å². The zero-order valence-electron chi connectivity index (χ0n) is 18.8. The maximum atomic E-state index is 12.9. The molecular weight excluding hydrogens is 424 g/mol. The first kappa shape index (κ1) is 23.0. The van der Waals surface area contributed by atoms with E-state index in [2.05, 4.69) is 34.1 Å². The van der Waals surface area contributed by atoms with E-state index in [1.54, 1.807) is 0 Å². The van der Waals surface area contributed by atoms with Crippen molar-refractivity contribution in [1.82, 2.24) is 4.90 Å². The molecule has 2 heterocycles. The molecule has 1 saturated heterocycles. The summed E-state index contributed by atoms with van der Waals surface area (Å²) in [5, 5.41) is 11.0. The molecule has 6 nitrogen and oxygen atoms in total. The van der Waals surface area contributed by atoms with E-state index < -0.39 is 10.9 Å². The average Bonchev–Trinajstić information content (AvgIpc) is 2.96. The summed E-state index contributed by atoms with van der Waals surface area (Å²) in [4.78, 5) is 18.7. The topological polar surface area (TPSA) is 62.2 Å². The van der Waals surface area contributed by atoms with Crippen molar-refractivity contribution in [2.75, 3.05) is 51.3 Å². The first-order valence-electron chi connectivity index (χ1n) is 11.2. The highest BCUT2D eigenvalue weighted by molar-refractivity contribution is 8.01. The zero-order chi connectivity index (χ0) is 22.6. The number of thioether (sulfide) groups is 1. The Morgan fingerprint density at radius 2 is 1.94 bits per heavy atom. The Morgan fingerprint density at radius 1 is 1.19 bits per heavy atom. The van der Waals surface area contributed by atoms with Gasteiger partial charge in [0, 0.05) is 31.9 Å². The molecule has 172 valence electrons. The van der Waals surface area contributed by atoms with Crippen LogP contribution in [0.25, 0.3) is 0 Å². The number of piperazine rings is 1. The molecule has 1 N–H and O–H groups in total. The van der Waals surface area contributed by atoms with Gasteiger partial charge in [0.05, 0.1) is 12.0 Å². The lowest BCUT2D eigenvalue weighted by Gasteiger charge is -2.37. The molecule has 0 aliphatic carbocycles. The van der Waals surface area contributed by atoms with E-state index >= 15 is 0 Å². The van der Waals surface area contributed by atoms with Crippen molar-refractivity contribution < 1.29 is 19.4 Å². The normalized spacial score (nSPS) is 23.7. The Morgan fingerprint density at radius 3 is 2.66 bits per heavy atom. The fourth-order valence-corrected chi connectivity index (χ4v) is 5.97. The Bertz CT molecular complexity index is 917.